The van der Waals surface area contributed by atoms with Gasteiger partial charge in [-0.25, -0.2) is 0 Å². The van der Waals surface area contributed by atoms with Crippen molar-refractivity contribution in [1.29, 1.82) is 0 Å². The van der Waals surface area contributed by atoms with E-state index in [1.165, 1.54) is 36.3 Å². The summed E-state index contributed by atoms with van der Waals surface area (Å²) in [5, 5.41) is 9.37. The Labute approximate surface area is 165 Å². The number of hydrogen-bond donors (Lipinski definition) is 1. The quantitative estimate of drug-likeness (QED) is 0.622. The van der Waals surface area contributed by atoms with Crippen LogP contribution in [-0.4, -0.2) is 50.2 Å². The van der Waals surface area contributed by atoms with E-state index >= 15 is 0 Å². The Hall–Kier alpha value is -1.70. The van der Waals surface area contributed by atoms with Gasteiger partial charge in [0.15, 0.2) is 0 Å². The van der Waals surface area contributed by atoms with Crippen molar-refractivity contribution in [2.45, 2.75) is 32.1 Å². The third-order valence-electron chi connectivity index (χ3n) is 5.03. The molecule has 6 nitrogen and oxygen atoms in total. The van der Waals surface area contributed by atoms with Crippen LogP contribution >= 0.6 is 11.3 Å². The average Bonchev–Trinajstić information content (AvgIpc) is 3.14. The van der Waals surface area contributed by atoms with E-state index in [9.17, 15) is 0 Å². The molecule has 0 unspecified atom stereocenters. The van der Waals surface area contributed by atoms with Gasteiger partial charge in [0.25, 0.3) is 0 Å². The molecule has 7 heteroatoms. The Bertz CT molecular complexity index is 669. The molecule has 2 N–H and O–H groups in total. The molecule has 2 heterocycles. The van der Waals surface area contributed by atoms with Gasteiger partial charge in [0.1, 0.15) is 5.01 Å². The lowest BCUT2D eigenvalue weighted by Crippen LogP contribution is -2.35. The van der Waals surface area contributed by atoms with Gasteiger partial charge in [-0.1, -0.05) is 11.3 Å². The average molecular weight is 391 g/mol. The van der Waals surface area contributed by atoms with Crippen LogP contribution in [0.25, 0.3) is 10.6 Å². The summed E-state index contributed by atoms with van der Waals surface area (Å²) in [4.78, 5) is 2.46. The third kappa shape index (κ3) is 6.16. The standard InChI is InChI=1S/C20H30N4O2S/c1-25-13-3-2-4-14-26-15-16-9-11-24(12-10-16)18-7-5-17(6-8-18)19-22-23-20(21)27-19/h5-8,16H,2-4,9-15H2,1H3,(H2,21,23). The van der Waals surface area contributed by atoms with Gasteiger partial charge in [-0.3, -0.25) is 0 Å². The van der Waals surface area contributed by atoms with Crippen LogP contribution in [0.1, 0.15) is 32.1 Å². The second-order valence-electron chi connectivity index (χ2n) is 7.05. The lowest BCUT2D eigenvalue weighted by Gasteiger charge is -2.33. The number of nitrogen functional groups attached to an aromatic ring is 1. The molecule has 1 fully saturated rings. The highest BCUT2D eigenvalue weighted by atomic mass is 32.1. The molecular formula is C20H30N4O2S. The summed E-state index contributed by atoms with van der Waals surface area (Å²) in [5.41, 5.74) is 8.01. The first kappa shape index (κ1) is 20.0. The first-order valence-electron chi connectivity index (χ1n) is 9.77. The number of rotatable bonds is 10. The Morgan fingerprint density at radius 2 is 1.81 bits per heavy atom. The van der Waals surface area contributed by atoms with E-state index in [0.29, 0.717) is 11.0 Å². The number of nitrogens with zero attached hydrogens (tertiary/aromatic N) is 3. The highest BCUT2D eigenvalue weighted by Crippen LogP contribution is 2.28. The van der Waals surface area contributed by atoms with Crippen molar-refractivity contribution in [1.82, 2.24) is 10.2 Å². The minimum atomic E-state index is 0.508. The summed E-state index contributed by atoms with van der Waals surface area (Å²) in [6, 6.07) is 8.55. The van der Waals surface area contributed by atoms with E-state index in [1.807, 2.05) is 0 Å². The summed E-state index contributed by atoms with van der Waals surface area (Å²) in [6.07, 6.45) is 5.83. The van der Waals surface area contributed by atoms with E-state index in [4.69, 9.17) is 15.2 Å². The van der Waals surface area contributed by atoms with Crippen LogP contribution in [0.5, 0.6) is 0 Å². The first-order valence-corrected chi connectivity index (χ1v) is 10.6. The van der Waals surface area contributed by atoms with Crippen molar-refractivity contribution in [3.63, 3.8) is 0 Å². The molecule has 2 aromatic rings. The summed E-state index contributed by atoms with van der Waals surface area (Å²) in [6.45, 7) is 4.81. The molecule has 1 saturated heterocycles. The number of piperidine rings is 1. The fraction of sp³-hybridized carbons (Fsp3) is 0.600. The van der Waals surface area contributed by atoms with Crippen LogP contribution in [0, 0.1) is 5.92 Å². The monoisotopic (exact) mass is 390 g/mol. The molecular weight excluding hydrogens is 360 g/mol. The maximum atomic E-state index is 5.88. The highest BCUT2D eigenvalue weighted by Gasteiger charge is 2.19. The number of nitrogens with two attached hydrogens (primary N) is 1. The zero-order valence-corrected chi connectivity index (χ0v) is 16.9. The van der Waals surface area contributed by atoms with E-state index in [2.05, 4.69) is 39.4 Å². The minimum Gasteiger partial charge on any atom is -0.385 e. The zero-order valence-electron chi connectivity index (χ0n) is 16.1. The number of benzene rings is 1. The van der Waals surface area contributed by atoms with Crippen LogP contribution in [0.3, 0.4) is 0 Å². The Kier molecular flexibility index (Phi) is 7.86. The normalized spacial score (nSPS) is 15.4. The van der Waals surface area contributed by atoms with Crippen LogP contribution in [0.15, 0.2) is 24.3 Å². The number of hydrogen-bond acceptors (Lipinski definition) is 7. The lowest BCUT2D eigenvalue weighted by atomic mass is 9.97. The number of aromatic nitrogens is 2. The SMILES string of the molecule is COCCCCCOCC1CCN(c2ccc(-c3nnc(N)s3)cc2)CC1. The molecule has 3 rings (SSSR count). The number of unbranched alkanes of at least 4 members (excludes halogenated alkanes) is 2. The smallest absolute Gasteiger partial charge is 0.203 e. The van der Waals surface area contributed by atoms with Gasteiger partial charge in [0, 0.05) is 51.3 Å². The Morgan fingerprint density at radius 3 is 2.48 bits per heavy atom. The predicted octanol–water partition coefficient (Wildman–Crippen LogP) is 3.84. The molecule has 1 aromatic carbocycles. The van der Waals surface area contributed by atoms with Crippen molar-refractivity contribution in [2.75, 3.05) is 50.7 Å². The molecule has 0 bridgehead atoms. The van der Waals surface area contributed by atoms with Gasteiger partial charge in [-0.15, -0.1) is 10.2 Å². The van der Waals surface area contributed by atoms with E-state index < -0.39 is 0 Å². The molecule has 0 spiro atoms. The lowest BCUT2D eigenvalue weighted by molar-refractivity contribution is 0.0859. The van der Waals surface area contributed by atoms with E-state index in [-0.39, 0.29) is 0 Å². The number of methoxy groups -OCH3 is 1. The van der Waals surface area contributed by atoms with Crippen molar-refractivity contribution in [3.8, 4) is 10.6 Å². The fourth-order valence-corrected chi connectivity index (χ4v) is 4.02. The Morgan fingerprint density at radius 1 is 1.07 bits per heavy atom. The van der Waals surface area contributed by atoms with Crippen molar-refractivity contribution in [2.24, 2.45) is 5.92 Å². The minimum absolute atomic E-state index is 0.508. The van der Waals surface area contributed by atoms with Crippen LogP contribution in [0.2, 0.25) is 0 Å². The number of anilines is 2. The second kappa shape index (κ2) is 10.6. The molecule has 0 saturated carbocycles. The van der Waals surface area contributed by atoms with Gasteiger partial charge in [0.2, 0.25) is 5.13 Å². The summed E-state index contributed by atoms with van der Waals surface area (Å²) in [7, 11) is 1.76. The molecule has 0 amide bonds. The van der Waals surface area contributed by atoms with Gasteiger partial charge < -0.3 is 20.1 Å². The Balaban J connectivity index is 1.36. The second-order valence-corrected chi connectivity index (χ2v) is 8.06. The summed E-state index contributed by atoms with van der Waals surface area (Å²) in [5.74, 6) is 0.684. The van der Waals surface area contributed by atoms with E-state index in [1.54, 1.807) is 7.11 Å². The summed E-state index contributed by atoms with van der Waals surface area (Å²) < 4.78 is 10.9. The molecule has 148 valence electrons. The topological polar surface area (TPSA) is 73.5 Å². The maximum absolute atomic E-state index is 5.88. The van der Waals surface area contributed by atoms with Crippen molar-refractivity contribution < 1.29 is 9.47 Å². The fourth-order valence-electron chi connectivity index (χ4n) is 3.40. The first-order chi connectivity index (χ1) is 13.3. The van der Waals surface area contributed by atoms with Crippen LogP contribution in [-0.2, 0) is 9.47 Å². The number of ether oxygens (including phenoxy) is 2. The summed E-state index contributed by atoms with van der Waals surface area (Å²) >= 11 is 1.42. The molecule has 1 aromatic heterocycles. The van der Waals surface area contributed by atoms with Gasteiger partial charge in [-0.2, -0.15) is 0 Å². The van der Waals surface area contributed by atoms with Gasteiger partial charge >= 0.3 is 0 Å². The van der Waals surface area contributed by atoms with Crippen LogP contribution in [0.4, 0.5) is 10.8 Å². The van der Waals surface area contributed by atoms with Gasteiger partial charge in [-0.05, 0) is 62.3 Å². The highest BCUT2D eigenvalue weighted by molar-refractivity contribution is 7.18. The van der Waals surface area contributed by atoms with Gasteiger partial charge in [0.05, 0.1) is 0 Å². The molecule has 0 radical (unpaired) electrons. The van der Waals surface area contributed by atoms with Crippen molar-refractivity contribution in [3.05, 3.63) is 24.3 Å². The molecule has 1 aliphatic rings. The molecule has 1 aliphatic heterocycles. The van der Waals surface area contributed by atoms with E-state index in [0.717, 1.165) is 56.3 Å². The van der Waals surface area contributed by atoms with Crippen molar-refractivity contribution >= 4 is 22.2 Å². The zero-order chi connectivity index (χ0) is 18.9. The third-order valence-corrected chi connectivity index (χ3v) is 5.83. The molecule has 27 heavy (non-hydrogen) atoms. The molecule has 0 atom stereocenters. The van der Waals surface area contributed by atoms with Crippen LogP contribution < -0.4 is 10.6 Å². The largest absolute Gasteiger partial charge is 0.385 e. The maximum Gasteiger partial charge on any atom is 0.203 e. The predicted molar refractivity (Wildman–Crippen MR) is 111 cm³/mol. The molecule has 0 aliphatic carbocycles.